The summed E-state index contributed by atoms with van der Waals surface area (Å²) in [5, 5.41) is 34.2. The fourth-order valence-electron chi connectivity index (χ4n) is 5.27. The Kier molecular flexibility index (Phi) is 16.2. The summed E-state index contributed by atoms with van der Waals surface area (Å²) in [6.07, 6.45) is 18.5. The lowest BCUT2D eigenvalue weighted by molar-refractivity contribution is -0.124. The van der Waals surface area contributed by atoms with Crippen molar-refractivity contribution in [2.45, 2.75) is 116 Å². The van der Waals surface area contributed by atoms with Crippen LogP contribution in [-0.2, 0) is 14.3 Å². The lowest BCUT2D eigenvalue weighted by Gasteiger charge is -2.20. The Hall–Kier alpha value is -4.39. The Morgan fingerprint density at radius 3 is 1.96 bits per heavy atom. The van der Waals surface area contributed by atoms with Gasteiger partial charge in [-0.25, -0.2) is 0 Å². The summed E-state index contributed by atoms with van der Waals surface area (Å²) >= 11 is 0. The molecule has 1 aromatic carbocycles. The minimum atomic E-state index is -0.903. The van der Waals surface area contributed by atoms with Crippen molar-refractivity contribution in [3.63, 3.8) is 0 Å². The number of allylic oxidation sites excluding steroid dienone is 2. The van der Waals surface area contributed by atoms with Crippen LogP contribution in [0.3, 0.4) is 0 Å². The molecule has 1 heterocycles. The SMILES string of the molecule is CCCCCCCCCCCCCCNC(CC(N)=O)C(=O)Nc1ccc(/C=C/C2=C(C#N)C(=C(C#N)C#N)OC2(C)C)cc1. The van der Waals surface area contributed by atoms with Crippen LogP contribution in [0.15, 0.2) is 52.8 Å². The normalized spacial score (nSPS) is 14.4. The highest BCUT2D eigenvalue weighted by Crippen LogP contribution is 2.40. The Morgan fingerprint density at radius 1 is 0.889 bits per heavy atom. The van der Waals surface area contributed by atoms with E-state index in [1.165, 1.54) is 64.2 Å². The largest absolute Gasteiger partial charge is 0.480 e. The average molecular weight is 613 g/mol. The summed E-state index contributed by atoms with van der Waals surface area (Å²) in [4.78, 5) is 24.6. The van der Waals surface area contributed by atoms with Crippen molar-refractivity contribution in [2.75, 3.05) is 11.9 Å². The second kappa shape index (κ2) is 19.8. The van der Waals surface area contributed by atoms with E-state index in [0.717, 1.165) is 18.4 Å². The molecular formula is C36H48N6O3. The molecule has 1 aromatic rings. The first-order chi connectivity index (χ1) is 21.7. The number of nitriles is 3. The smallest absolute Gasteiger partial charge is 0.242 e. The average Bonchev–Trinajstić information content (AvgIpc) is 3.27. The Morgan fingerprint density at radius 2 is 1.44 bits per heavy atom. The van der Waals surface area contributed by atoms with Crippen molar-refractivity contribution in [3.05, 3.63) is 58.4 Å². The molecule has 1 unspecified atom stereocenters. The standard InChI is InChI=1S/C36H48N6O3/c1-4-5-6-7-8-9-10-11-12-13-14-15-22-41-32(23-33(40)43)35(44)42-29-19-16-27(17-20-29)18-21-31-30(26-39)34(28(24-37)25-38)45-36(31,2)3/h16-21,32,41H,4-15,22-23H2,1-3H3,(H2,40,43)(H,42,44)/b21-18+. The zero-order valence-corrected chi connectivity index (χ0v) is 27.1. The van der Waals surface area contributed by atoms with Crippen molar-refractivity contribution >= 4 is 23.6 Å². The monoisotopic (exact) mass is 612 g/mol. The van der Waals surface area contributed by atoms with Gasteiger partial charge in [0.1, 0.15) is 29.4 Å². The summed E-state index contributed by atoms with van der Waals surface area (Å²) < 4.78 is 5.79. The van der Waals surface area contributed by atoms with Gasteiger partial charge in [0, 0.05) is 11.3 Å². The van der Waals surface area contributed by atoms with E-state index in [1.807, 2.05) is 0 Å². The number of nitrogens with one attached hydrogen (secondary N) is 2. The maximum absolute atomic E-state index is 13.0. The van der Waals surface area contributed by atoms with E-state index in [0.29, 0.717) is 17.8 Å². The number of primary amides is 1. The van der Waals surface area contributed by atoms with Crippen molar-refractivity contribution in [2.24, 2.45) is 5.73 Å². The third-order valence-corrected chi connectivity index (χ3v) is 7.83. The molecule has 0 spiro atoms. The third-order valence-electron chi connectivity index (χ3n) is 7.83. The molecule has 9 nitrogen and oxygen atoms in total. The molecule has 2 rings (SSSR count). The van der Waals surface area contributed by atoms with E-state index < -0.39 is 17.6 Å². The summed E-state index contributed by atoms with van der Waals surface area (Å²) in [7, 11) is 0. The molecule has 0 fully saturated rings. The molecule has 0 aromatic heterocycles. The number of rotatable bonds is 20. The predicted octanol–water partition coefficient (Wildman–Crippen LogP) is 7.10. The number of hydrogen-bond donors (Lipinski definition) is 3. The van der Waals surface area contributed by atoms with Crippen molar-refractivity contribution in [1.29, 1.82) is 15.8 Å². The molecule has 4 N–H and O–H groups in total. The molecule has 1 atom stereocenters. The number of anilines is 1. The van der Waals surface area contributed by atoms with Gasteiger partial charge in [0.2, 0.25) is 11.8 Å². The third kappa shape index (κ3) is 12.6. The van der Waals surface area contributed by atoms with E-state index in [9.17, 15) is 25.4 Å². The summed E-state index contributed by atoms with van der Waals surface area (Å²) in [5.41, 5.74) is 6.33. The van der Waals surface area contributed by atoms with E-state index in [-0.39, 0.29) is 29.2 Å². The predicted molar refractivity (Wildman–Crippen MR) is 177 cm³/mol. The van der Waals surface area contributed by atoms with Gasteiger partial charge >= 0.3 is 0 Å². The maximum Gasteiger partial charge on any atom is 0.242 e. The molecule has 1 aliphatic rings. The van der Waals surface area contributed by atoms with Crippen LogP contribution in [0.4, 0.5) is 5.69 Å². The van der Waals surface area contributed by atoms with E-state index in [1.54, 1.807) is 62.4 Å². The molecule has 240 valence electrons. The second-order valence-electron chi connectivity index (χ2n) is 12.0. The quantitative estimate of drug-likeness (QED) is 0.104. The highest BCUT2D eigenvalue weighted by Gasteiger charge is 2.38. The molecule has 0 saturated heterocycles. The van der Waals surface area contributed by atoms with Crippen LogP contribution >= 0.6 is 0 Å². The molecule has 1 aliphatic heterocycles. The zero-order chi connectivity index (χ0) is 33.1. The zero-order valence-electron chi connectivity index (χ0n) is 27.1. The van der Waals surface area contributed by atoms with Crippen molar-refractivity contribution in [3.8, 4) is 18.2 Å². The van der Waals surface area contributed by atoms with Gasteiger partial charge in [-0.2, -0.15) is 15.8 Å². The minimum absolute atomic E-state index is 0.0110. The molecule has 9 heteroatoms. The first kappa shape index (κ1) is 36.8. The van der Waals surface area contributed by atoms with Gasteiger partial charge in [-0.3, -0.25) is 9.59 Å². The van der Waals surface area contributed by atoms with Gasteiger partial charge in [-0.1, -0.05) is 102 Å². The summed E-state index contributed by atoms with van der Waals surface area (Å²) in [6, 6.07) is 12.0. The van der Waals surface area contributed by atoms with Gasteiger partial charge in [0.15, 0.2) is 11.3 Å². The number of carbonyl (C=O) groups excluding carboxylic acids is 2. The van der Waals surface area contributed by atoms with Crippen molar-refractivity contribution in [1.82, 2.24) is 5.32 Å². The van der Waals surface area contributed by atoms with E-state index >= 15 is 0 Å². The molecule has 0 radical (unpaired) electrons. The van der Waals surface area contributed by atoms with E-state index in [2.05, 4.69) is 23.6 Å². The highest BCUT2D eigenvalue weighted by molar-refractivity contribution is 5.97. The first-order valence-corrected chi connectivity index (χ1v) is 16.2. The fourth-order valence-corrected chi connectivity index (χ4v) is 5.27. The highest BCUT2D eigenvalue weighted by atomic mass is 16.5. The summed E-state index contributed by atoms with van der Waals surface area (Å²) in [6.45, 7) is 6.40. The van der Waals surface area contributed by atoms with E-state index in [4.69, 9.17) is 10.5 Å². The number of ether oxygens (including phenoxy) is 1. The fraction of sp³-hybridized carbons (Fsp3) is 0.528. The number of carbonyl (C=O) groups is 2. The molecule has 0 saturated carbocycles. The van der Waals surface area contributed by atoms with Crippen LogP contribution in [0.25, 0.3) is 6.08 Å². The number of benzene rings is 1. The van der Waals surface area contributed by atoms with Gasteiger partial charge in [0.25, 0.3) is 0 Å². The number of amides is 2. The lowest BCUT2D eigenvalue weighted by atomic mass is 9.94. The van der Waals surface area contributed by atoms with Crippen LogP contribution in [0.5, 0.6) is 0 Å². The van der Waals surface area contributed by atoms with Gasteiger partial charge < -0.3 is 21.1 Å². The minimum Gasteiger partial charge on any atom is -0.480 e. The number of hydrogen-bond acceptors (Lipinski definition) is 7. The molecule has 0 bridgehead atoms. The molecule has 0 aliphatic carbocycles. The number of unbranched alkanes of at least 4 members (excludes halogenated alkanes) is 11. The van der Waals surface area contributed by atoms with Crippen LogP contribution in [0.2, 0.25) is 0 Å². The van der Waals surface area contributed by atoms with Gasteiger partial charge in [-0.15, -0.1) is 0 Å². The van der Waals surface area contributed by atoms with Crippen LogP contribution in [0.1, 0.15) is 110 Å². The Labute approximate surface area is 268 Å². The first-order valence-electron chi connectivity index (χ1n) is 16.2. The van der Waals surface area contributed by atoms with Gasteiger partial charge in [-0.05, 0) is 44.5 Å². The molecule has 2 amide bonds. The van der Waals surface area contributed by atoms with Gasteiger partial charge in [0.05, 0.1) is 12.5 Å². The molecular weight excluding hydrogens is 564 g/mol. The molecule has 45 heavy (non-hydrogen) atoms. The number of nitrogens with zero attached hydrogens (tertiary/aromatic N) is 3. The Balaban J connectivity index is 1.86. The second-order valence-corrected chi connectivity index (χ2v) is 12.0. The lowest BCUT2D eigenvalue weighted by Crippen LogP contribution is -2.43. The summed E-state index contributed by atoms with van der Waals surface area (Å²) in [5.74, 6) is -0.879. The van der Waals surface area contributed by atoms with Crippen LogP contribution in [-0.4, -0.2) is 30.0 Å². The Bertz CT molecular complexity index is 1340. The van der Waals surface area contributed by atoms with Crippen molar-refractivity contribution < 1.29 is 14.3 Å². The van der Waals surface area contributed by atoms with Crippen LogP contribution < -0.4 is 16.4 Å². The maximum atomic E-state index is 13.0. The number of nitrogens with two attached hydrogens (primary N) is 1. The topological polar surface area (TPSA) is 165 Å². The van der Waals surface area contributed by atoms with Crippen LogP contribution in [0, 0.1) is 34.0 Å².